The van der Waals surface area contributed by atoms with Gasteiger partial charge in [-0.25, -0.2) is 4.98 Å². The van der Waals surface area contributed by atoms with Gasteiger partial charge in [-0.05, 0) is 25.7 Å². The molecule has 0 saturated carbocycles. The Morgan fingerprint density at radius 3 is 3.19 bits per heavy atom. The maximum Gasteiger partial charge on any atom is 0.225 e. The molecule has 16 heavy (non-hydrogen) atoms. The quantitative estimate of drug-likeness (QED) is 0.772. The molecule has 1 aliphatic rings. The molecule has 4 nitrogen and oxygen atoms in total. The molecule has 0 aliphatic heterocycles. The topological polar surface area (TPSA) is 47.0 Å². The Balaban J connectivity index is 1.80. The van der Waals surface area contributed by atoms with Gasteiger partial charge in [-0.2, -0.15) is 4.98 Å². The molecule has 86 valence electrons. The van der Waals surface area contributed by atoms with E-state index >= 15 is 0 Å². The number of nitrogens with one attached hydrogen (secondary N) is 1. The number of anilines is 1. The highest BCUT2D eigenvalue weighted by Crippen LogP contribution is 2.20. The van der Waals surface area contributed by atoms with Gasteiger partial charge in [0.05, 0.1) is 7.11 Å². The first kappa shape index (κ1) is 10.9. The van der Waals surface area contributed by atoms with Crippen LogP contribution in [0.2, 0.25) is 0 Å². The molecular weight excluding hydrogens is 202 g/mol. The van der Waals surface area contributed by atoms with E-state index in [-0.39, 0.29) is 0 Å². The van der Waals surface area contributed by atoms with Crippen molar-refractivity contribution < 1.29 is 4.74 Å². The van der Waals surface area contributed by atoms with Gasteiger partial charge in [0.2, 0.25) is 11.8 Å². The molecule has 2 rings (SSSR count). The Labute approximate surface area is 95.8 Å². The summed E-state index contributed by atoms with van der Waals surface area (Å²) in [5, 5.41) is 3.20. The summed E-state index contributed by atoms with van der Waals surface area (Å²) in [6.45, 7) is 0.888. The van der Waals surface area contributed by atoms with Crippen LogP contribution in [0.1, 0.15) is 25.7 Å². The Hall–Kier alpha value is -1.58. The summed E-state index contributed by atoms with van der Waals surface area (Å²) in [7, 11) is 1.61. The molecule has 0 spiro atoms. The van der Waals surface area contributed by atoms with Crippen molar-refractivity contribution in [3.05, 3.63) is 23.9 Å². The third kappa shape index (κ3) is 2.95. The first-order valence-corrected chi connectivity index (χ1v) is 5.67. The number of rotatable bonds is 5. The number of hydrogen-bond donors (Lipinski definition) is 1. The molecule has 0 bridgehead atoms. The van der Waals surface area contributed by atoms with Crippen LogP contribution in [0.15, 0.2) is 23.9 Å². The summed E-state index contributed by atoms with van der Waals surface area (Å²) in [4.78, 5) is 8.32. The lowest BCUT2D eigenvalue weighted by Crippen LogP contribution is -2.06. The van der Waals surface area contributed by atoms with Crippen LogP contribution in [0.25, 0.3) is 0 Å². The normalized spacial score (nSPS) is 14.7. The van der Waals surface area contributed by atoms with Crippen LogP contribution in [0.4, 0.5) is 5.95 Å². The third-order valence-electron chi connectivity index (χ3n) is 2.70. The molecule has 1 N–H and O–H groups in total. The lowest BCUT2D eigenvalue weighted by molar-refractivity contribution is 0.397. The van der Waals surface area contributed by atoms with E-state index in [0.717, 1.165) is 13.0 Å². The average molecular weight is 219 g/mol. The Kier molecular flexibility index (Phi) is 3.75. The van der Waals surface area contributed by atoms with E-state index in [0.29, 0.717) is 11.8 Å². The minimum Gasteiger partial charge on any atom is -0.481 e. The van der Waals surface area contributed by atoms with Gasteiger partial charge in [-0.1, -0.05) is 11.6 Å². The minimum absolute atomic E-state index is 0.595. The Morgan fingerprint density at radius 2 is 2.44 bits per heavy atom. The van der Waals surface area contributed by atoms with Gasteiger partial charge in [0.25, 0.3) is 0 Å². The maximum absolute atomic E-state index is 5.03. The van der Waals surface area contributed by atoms with E-state index in [2.05, 4.69) is 21.4 Å². The molecule has 0 saturated heterocycles. The fourth-order valence-corrected chi connectivity index (χ4v) is 1.84. The number of ether oxygens (including phenoxy) is 1. The zero-order valence-corrected chi connectivity index (χ0v) is 9.57. The van der Waals surface area contributed by atoms with Crippen LogP contribution in [0.5, 0.6) is 5.88 Å². The summed E-state index contributed by atoms with van der Waals surface area (Å²) in [5.74, 6) is 1.23. The van der Waals surface area contributed by atoms with Gasteiger partial charge in [-0.15, -0.1) is 0 Å². The minimum atomic E-state index is 0.595. The van der Waals surface area contributed by atoms with Crippen molar-refractivity contribution in [2.75, 3.05) is 19.0 Å². The summed E-state index contributed by atoms with van der Waals surface area (Å²) in [6, 6.07) is 1.74. The van der Waals surface area contributed by atoms with Crippen LogP contribution in [-0.2, 0) is 0 Å². The van der Waals surface area contributed by atoms with Gasteiger partial charge in [0.1, 0.15) is 0 Å². The molecule has 0 amide bonds. The fraction of sp³-hybridized carbons (Fsp3) is 0.500. The van der Waals surface area contributed by atoms with E-state index in [1.165, 1.54) is 19.3 Å². The molecule has 1 aromatic heterocycles. The van der Waals surface area contributed by atoms with Gasteiger partial charge in [-0.3, -0.25) is 0 Å². The van der Waals surface area contributed by atoms with Crippen LogP contribution < -0.4 is 10.1 Å². The summed E-state index contributed by atoms with van der Waals surface area (Å²) >= 11 is 0. The predicted molar refractivity (Wildman–Crippen MR) is 63.6 cm³/mol. The van der Waals surface area contributed by atoms with Gasteiger partial charge >= 0.3 is 0 Å². The van der Waals surface area contributed by atoms with Crippen LogP contribution in [0.3, 0.4) is 0 Å². The number of nitrogens with zero attached hydrogens (tertiary/aromatic N) is 2. The van der Waals surface area contributed by atoms with E-state index in [1.54, 1.807) is 24.9 Å². The predicted octanol–water partition coefficient (Wildman–Crippen LogP) is 2.40. The average Bonchev–Trinajstić information content (AvgIpc) is 2.82. The zero-order valence-electron chi connectivity index (χ0n) is 9.57. The van der Waals surface area contributed by atoms with E-state index in [1.807, 2.05) is 0 Å². The van der Waals surface area contributed by atoms with Crippen LogP contribution >= 0.6 is 0 Å². The number of hydrogen-bond acceptors (Lipinski definition) is 4. The van der Waals surface area contributed by atoms with Gasteiger partial charge in [0.15, 0.2) is 0 Å². The third-order valence-corrected chi connectivity index (χ3v) is 2.70. The summed E-state index contributed by atoms with van der Waals surface area (Å²) in [5.41, 5.74) is 1.55. The van der Waals surface area contributed by atoms with E-state index < -0.39 is 0 Å². The molecule has 0 fully saturated rings. The second kappa shape index (κ2) is 5.49. The van der Waals surface area contributed by atoms with Crippen LogP contribution in [0, 0.1) is 0 Å². The highest BCUT2D eigenvalue weighted by molar-refractivity contribution is 5.27. The fourth-order valence-electron chi connectivity index (χ4n) is 1.84. The molecule has 1 aromatic rings. The molecule has 0 radical (unpaired) electrons. The largest absolute Gasteiger partial charge is 0.481 e. The van der Waals surface area contributed by atoms with Crippen molar-refractivity contribution in [3.8, 4) is 5.88 Å². The molecule has 4 heteroatoms. The summed E-state index contributed by atoms with van der Waals surface area (Å²) in [6.07, 6.45) is 8.92. The number of allylic oxidation sites excluding steroid dienone is 1. The first-order chi connectivity index (χ1) is 7.88. The van der Waals surface area contributed by atoms with Crippen molar-refractivity contribution in [2.24, 2.45) is 0 Å². The number of aromatic nitrogens is 2. The maximum atomic E-state index is 5.03. The molecule has 1 aliphatic carbocycles. The lowest BCUT2D eigenvalue weighted by Gasteiger charge is -2.06. The van der Waals surface area contributed by atoms with Gasteiger partial charge in [0, 0.05) is 18.8 Å². The van der Waals surface area contributed by atoms with Crippen molar-refractivity contribution in [1.82, 2.24) is 9.97 Å². The molecular formula is C12H17N3O. The lowest BCUT2D eigenvalue weighted by atomic mass is 10.2. The summed E-state index contributed by atoms with van der Waals surface area (Å²) < 4.78 is 5.03. The highest BCUT2D eigenvalue weighted by Gasteiger charge is 2.04. The first-order valence-electron chi connectivity index (χ1n) is 5.67. The Morgan fingerprint density at radius 1 is 1.50 bits per heavy atom. The van der Waals surface area contributed by atoms with Crippen molar-refractivity contribution in [2.45, 2.75) is 25.7 Å². The Bertz CT molecular complexity index is 376. The van der Waals surface area contributed by atoms with E-state index in [4.69, 9.17) is 4.74 Å². The molecule has 0 atom stereocenters. The standard InChI is InChI=1S/C12H17N3O/c1-16-11-7-9-14-12(15-11)13-8-6-10-4-2-3-5-10/h4,7,9H,2-3,5-6,8H2,1H3,(H,13,14,15). The monoisotopic (exact) mass is 219 g/mol. The van der Waals surface area contributed by atoms with Crippen LogP contribution in [-0.4, -0.2) is 23.6 Å². The highest BCUT2D eigenvalue weighted by atomic mass is 16.5. The number of methoxy groups -OCH3 is 1. The SMILES string of the molecule is COc1ccnc(NCCC2=CCCC2)n1. The van der Waals surface area contributed by atoms with Crippen molar-refractivity contribution in [1.29, 1.82) is 0 Å². The van der Waals surface area contributed by atoms with Gasteiger partial charge < -0.3 is 10.1 Å². The molecule has 1 heterocycles. The zero-order chi connectivity index (χ0) is 11.2. The van der Waals surface area contributed by atoms with Crippen molar-refractivity contribution in [3.63, 3.8) is 0 Å². The van der Waals surface area contributed by atoms with Crippen molar-refractivity contribution >= 4 is 5.95 Å². The second-order valence-corrected chi connectivity index (χ2v) is 3.85. The molecule has 0 aromatic carbocycles. The second-order valence-electron chi connectivity index (χ2n) is 3.85. The molecule has 0 unspecified atom stereocenters. The smallest absolute Gasteiger partial charge is 0.225 e. The van der Waals surface area contributed by atoms with E-state index in [9.17, 15) is 0 Å².